The lowest BCUT2D eigenvalue weighted by molar-refractivity contribution is -0.870. The molecule has 0 heterocycles. The highest BCUT2D eigenvalue weighted by molar-refractivity contribution is 7.47. The van der Waals surface area contributed by atoms with Gasteiger partial charge in [0.15, 0.2) is 6.10 Å². The van der Waals surface area contributed by atoms with Gasteiger partial charge in [-0.2, -0.15) is 0 Å². The number of nitrogens with zero attached hydrogens (tertiary/aromatic N) is 1. The average molecular weight is 1410 g/mol. The molecule has 100 heavy (non-hydrogen) atoms. The molecule has 0 bridgehead atoms. The molecule has 9 nitrogen and oxygen atoms in total. The SMILES string of the molecule is CC/C=C\C/C=C\C/C=C\C/C=C\C/C=C\C/C=C\C/C=C\C/C=C\C/C=C\C/C=C\CCCCCCC(=O)OC(COC(=O)CCCCCCCCCCCCCCCCCCCCCCCCCCCCCC/C=C\C/C=C\C/C=C\C/C=C\CC)COP(=O)(O)OCC[N+](C)(C)C. The molecule has 0 aromatic carbocycles. The molecule has 0 radical (unpaired) electrons. The number of likely N-dealkylation sites (N-methyl/N-ethyl adjacent to an activating group) is 1. The maximum absolute atomic E-state index is 12.9. The summed E-state index contributed by atoms with van der Waals surface area (Å²) in [6.45, 7) is 4.19. The van der Waals surface area contributed by atoms with Crippen molar-refractivity contribution in [2.45, 2.75) is 341 Å². The third-order valence-corrected chi connectivity index (χ3v) is 18.2. The van der Waals surface area contributed by atoms with Gasteiger partial charge in [-0.05, 0) is 128 Å². The van der Waals surface area contributed by atoms with Crippen molar-refractivity contribution in [2.75, 3.05) is 47.5 Å². The number of ether oxygens (including phenoxy) is 2. The van der Waals surface area contributed by atoms with E-state index in [1.165, 1.54) is 167 Å². The lowest BCUT2D eigenvalue weighted by Crippen LogP contribution is -2.37. The smallest absolute Gasteiger partial charge is 0.462 e. The Hall–Kier alpha value is -4.63. The fourth-order valence-electron chi connectivity index (χ4n) is 11.1. The van der Waals surface area contributed by atoms with Crippen LogP contribution >= 0.6 is 7.82 Å². The predicted octanol–water partition coefficient (Wildman–Crippen LogP) is 27.6. The normalized spacial score (nSPS) is 13.9. The monoisotopic (exact) mass is 1410 g/mol. The zero-order valence-electron chi connectivity index (χ0n) is 65.1. The Morgan fingerprint density at radius 1 is 0.310 bits per heavy atom. The highest BCUT2D eigenvalue weighted by Gasteiger charge is 2.27. The van der Waals surface area contributed by atoms with Gasteiger partial charge in [0.2, 0.25) is 0 Å². The number of allylic oxidation sites excluding steroid dienone is 28. The van der Waals surface area contributed by atoms with Crippen molar-refractivity contribution in [3.05, 3.63) is 170 Å². The Morgan fingerprint density at radius 2 is 0.540 bits per heavy atom. The summed E-state index contributed by atoms with van der Waals surface area (Å²) in [5.41, 5.74) is 0. The summed E-state index contributed by atoms with van der Waals surface area (Å²) in [4.78, 5) is 36.0. The molecule has 2 atom stereocenters. The van der Waals surface area contributed by atoms with Crippen LogP contribution in [0.3, 0.4) is 0 Å². The van der Waals surface area contributed by atoms with E-state index in [1.807, 2.05) is 21.1 Å². The van der Waals surface area contributed by atoms with Crippen molar-refractivity contribution in [1.82, 2.24) is 0 Å². The number of hydrogen-bond donors (Lipinski definition) is 1. The van der Waals surface area contributed by atoms with Gasteiger partial charge in [-0.1, -0.05) is 364 Å². The van der Waals surface area contributed by atoms with Crippen LogP contribution in [0.4, 0.5) is 0 Å². The van der Waals surface area contributed by atoms with Crippen LogP contribution in [0, 0.1) is 0 Å². The standard InChI is InChI=1S/C90H152NO8P/c1-6-8-10-12-14-16-18-20-22-24-26-28-30-32-34-36-38-40-42-43-44-45-46-47-49-50-52-54-56-58-60-62-64-66-68-70-72-74-76-78-80-82-89(92)96-86-88(87-98-100(94,95)97-85-84-91(3,4)5)99-90(93)83-81-79-77-75-73-71-69-67-65-63-61-59-57-55-53-51-48-41-39-37-35-33-31-29-27-25-23-21-19-17-15-13-11-9-7-2/h8-11,14-17,20-23,26-29,33,35,39,41,51,53,57,59,63,65,69,71,88H,6-7,12-13,18-19,24-25,30-32,34,36-38,40,42-50,52,54-56,58,60-62,64,66-68,70,72-87H2,1-5H3/p+1/b10-8-,11-9-,16-14-,17-15-,22-20-,23-21-,28-26-,29-27-,35-33-,41-39-,53-51-,59-57-,65-63-,71-69-. The predicted molar refractivity (Wildman–Crippen MR) is 436 cm³/mol. The molecule has 0 rings (SSSR count). The second kappa shape index (κ2) is 78.5. The lowest BCUT2D eigenvalue weighted by atomic mass is 10.0. The summed E-state index contributed by atoms with van der Waals surface area (Å²) in [7, 11) is 1.45. The quantitative estimate of drug-likeness (QED) is 0.0211. The number of unbranched alkanes of at least 4 members (excludes halogenated alkanes) is 32. The molecule has 1 N–H and O–H groups in total. The molecule has 0 saturated carbocycles. The topological polar surface area (TPSA) is 108 Å². The zero-order chi connectivity index (χ0) is 72.5. The fraction of sp³-hybridized carbons (Fsp3) is 0.667. The molecular formula is C90H153NO8P+. The number of quaternary nitrogens is 1. The number of rotatable bonds is 74. The van der Waals surface area contributed by atoms with Crippen LogP contribution < -0.4 is 0 Å². The molecular weight excluding hydrogens is 1250 g/mol. The number of esters is 2. The minimum absolute atomic E-state index is 0.0198. The van der Waals surface area contributed by atoms with Gasteiger partial charge in [0, 0.05) is 12.8 Å². The molecule has 0 aliphatic rings. The van der Waals surface area contributed by atoms with Crippen molar-refractivity contribution in [3.63, 3.8) is 0 Å². The van der Waals surface area contributed by atoms with Gasteiger partial charge in [-0.3, -0.25) is 18.6 Å². The fourth-order valence-corrected chi connectivity index (χ4v) is 11.8. The Kier molecular flexibility index (Phi) is 74.9. The second-order valence-corrected chi connectivity index (χ2v) is 29.5. The molecule has 10 heteroatoms. The zero-order valence-corrected chi connectivity index (χ0v) is 66.0. The van der Waals surface area contributed by atoms with Gasteiger partial charge in [-0.25, -0.2) is 4.57 Å². The highest BCUT2D eigenvalue weighted by atomic mass is 31.2. The van der Waals surface area contributed by atoms with Gasteiger partial charge in [-0.15, -0.1) is 0 Å². The average Bonchev–Trinajstić information content (AvgIpc) is 1.65. The maximum Gasteiger partial charge on any atom is 0.472 e. The van der Waals surface area contributed by atoms with Crippen molar-refractivity contribution in [3.8, 4) is 0 Å². The number of hydrogen-bond acceptors (Lipinski definition) is 7. The van der Waals surface area contributed by atoms with E-state index in [0.717, 1.165) is 135 Å². The molecule has 0 amide bonds. The van der Waals surface area contributed by atoms with Gasteiger partial charge in [0.05, 0.1) is 27.7 Å². The molecule has 0 aliphatic heterocycles. The van der Waals surface area contributed by atoms with E-state index in [9.17, 15) is 19.0 Å². The number of carbonyl (C=O) groups excluding carboxylic acids is 2. The molecule has 0 aromatic heterocycles. The van der Waals surface area contributed by atoms with Crippen LogP contribution in [0.5, 0.6) is 0 Å². The van der Waals surface area contributed by atoms with Crippen LogP contribution in [0.25, 0.3) is 0 Å². The van der Waals surface area contributed by atoms with E-state index in [-0.39, 0.29) is 32.0 Å². The van der Waals surface area contributed by atoms with Crippen molar-refractivity contribution < 1.29 is 42.1 Å². The van der Waals surface area contributed by atoms with E-state index in [4.69, 9.17) is 18.5 Å². The maximum atomic E-state index is 12.9. The first-order valence-corrected chi connectivity index (χ1v) is 42.4. The van der Waals surface area contributed by atoms with E-state index in [0.29, 0.717) is 17.4 Å². The Balaban J connectivity index is 4.01. The third-order valence-electron chi connectivity index (χ3n) is 17.2. The first kappa shape index (κ1) is 95.4. The Morgan fingerprint density at radius 3 is 0.800 bits per heavy atom. The lowest BCUT2D eigenvalue weighted by Gasteiger charge is -2.24. The Labute approximate surface area is 617 Å². The first-order valence-electron chi connectivity index (χ1n) is 40.9. The van der Waals surface area contributed by atoms with Crippen LogP contribution in [-0.4, -0.2) is 74.9 Å². The number of phosphoric acid groups is 1. The second-order valence-electron chi connectivity index (χ2n) is 28.0. The van der Waals surface area contributed by atoms with Crippen molar-refractivity contribution in [2.24, 2.45) is 0 Å². The number of phosphoric ester groups is 1. The van der Waals surface area contributed by atoms with Gasteiger partial charge < -0.3 is 18.9 Å². The number of carbonyl (C=O) groups is 2. The summed E-state index contributed by atoms with van der Waals surface area (Å²) >= 11 is 0. The van der Waals surface area contributed by atoms with Gasteiger partial charge in [0.25, 0.3) is 0 Å². The molecule has 2 unspecified atom stereocenters. The van der Waals surface area contributed by atoms with Crippen molar-refractivity contribution in [1.29, 1.82) is 0 Å². The van der Waals surface area contributed by atoms with Crippen LogP contribution in [0.1, 0.15) is 335 Å². The summed E-state index contributed by atoms with van der Waals surface area (Å²) in [5.74, 6) is -0.825. The van der Waals surface area contributed by atoms with Crippen molar-refractivity contribution >= 4 is 19.8 Å². The largest absolute Gasteiger partial charge is 0.472 e. The highest BCUT2D eigenvalue weighted by Crippen LogP contribution is 2.43. The van der Waals surface area contributed by atoms with E-state index < -0.39 is 26.5 Å². The van der Waals surface area contributed by atoms with Gasteiger partial charge in [0.1, 0.15) is 19.8 Å². The third kappa shape index (κ3) is 82.3. The van der Waals surface area contributed by atoms with Gasteiger partial charge >= 0.3 is 19.8 Å². The Bertz CT molecular complexity index is 2300. The molecule has 0 aliphatic carbocycles. The van der Waals surface area contributed by atoms with Crippen LogP contribution in [0.15, 0.2) is 170 Å². The van der Waals surface area contributed by atoms with E-state index in [2.05, 4.69) is 184 Å². The summed E-state index contributed by atoms with van der Waals surface area (Å²) in [5, 5.41) is 0. The van der Waals surface area contributed by atoms with E-state index >= 15 is 0 Å². The molecule has 0 saturated heterocycles. The summed E-state index contributed by atoms with van der Waals surface area (Å²) < 4.78 is 34.8. The molecule has 0 fully saturated rings. The summed E-state index contributed by atoms with van der Waals surface area (Å²) in [6, 6.07) is 0. The first-order chi connectivity index (χ1) is 49.0. The molecule has 570 valence electrons. The molecule has 0 spiro atoms. The van der Waals surface area contributed by atoms with Crippen LogP contribution in [0.2, 0.25) is 0 Å². The molecule has 0 aromatic rings. The van der Waals surface area contributed by atoms with Crippen LogP contribution in [-0.2, 0) is 32.7 Å². The minimum Gasteiger partial charge on any atom is -0.462 e. The minimum atomic E-state index is -4.41. The summed E-state index contributed by atoms with van der Waals surface area (Å²) in [6.07, 6.45) is 119. The van der Waals surface area contributed by atoms with E-state index in [1.54, 1.807) is 0 Å².